The summed E-state index contributed by atoms with van der Waals surface area (Å²) < 4.78 is 19.6. The second-order valence-electron chi connectivity index (χ2n) is 4.64. The van der Waals surface area contributed by atoms with E-state index in [1.807, 2.05) is 13.1 Å². The van der Waals surface area contributed by atoms with Crippen molar-refractivity contribution in [2.75, 3.05) is 7.05 Å². The van der Waals surface area contributed by atoms with Crippen molar-refractivity contribution in [2.24, 2.45) is 0 Å². The highest BCUT2D eigenvalue weighted by Crippen LogP contribution is 2.28. The van der Waals surface area contributed by atoms with Crippen LogP contribution < -0.4 is 10.1 Å². The minimum atomic E-state index is -0.247. The fourth-order valence-corrected chi connectivity index (χ4v) is 2.36. The van der Waals surface area contributed by atoms with Gasteiger partial charge in [0.2, 0.25) is 0 Å². The summed E-state index contributed by atoms with van der Waals surface area (Å²) in [6.07, 6.45) is 5.96. The molecule has 0 amide bonds. The summed E-state index contributed by atoms with van der Waals surface area (Å²) in [5.74, 6) is 0.192. The largest absolute Gasteiger partial charge is 0.487 e. The number of halogens is 1. The lowest BCUT2D eigenvalue weighted by atomic mass is 9.97. The zero-order valence-electron chi connectivity index (χ0n) is 10.3. The average Bonchev–Trinajstić information content (AvgIpc) is 2.35. The summed E-state index contributed by atoms with van der Waals surface area (Å²) in [6.45, 7) is 0.639. The molecule has 94 valence electrons. The van der Waals surface area contributed by atoms with E-state index in [1.165, 1.54) is 25.3 Å². The molecule has 1 N–H and O–H groups in total. The van der Waals surface area contributed by atoms with E-state index in [2.05, 4.69) is 5.32 Å². The molecule has 0 atom stereocenters. The predicted molar refractivity (Wildman–Crippen MR) is 66.7 cm³/mol. The van der Waals surface area contributed by atoms with Crippen molar-refractivity contribution < 1.29 is 9.13 Å². The Bertz CT molecular complexity index is 361. The fourth-order valence-electron chi connectivity index (χ4n) is 2.36. The average molecular weight is 237 g/mol. The van der Waals surface area contributed by atoms with Gasteiger partial charge >= 0.3 is 0 Å². The van der Waals surface area contributed by atoms with E-state index in [1.54, 1.807) is 6.07 Å². The van der Waals surface area contributed by atoms with E-state index in [4.69, 9.17) is 4.74 Å². The van der Waals surface area contributed by atoms with Gasteiger partial charge in [-0.15, -0.1) is 0 Å². The molecule has 1 aliphatic rings. The molecule has 0 heterocycles. The molecule has 2 nitrogen and oxygen atoms in total. The Morgan fingerprint density at radius 2 is 2.06 bits per heavy atom. The number of nitrogens with one attached hydrogen (secondary N) is 1. The van der Waals surface area contributed by atoms with Crippen molar-refractivity contribution >= 4 is 0 Å². The van der Waals surface area contributed by atoms with Crippen LogP contribution >= 0.6 is 0 Å². The number of ether oxygens (including phenoxy) is 1. The molecule has 0 unspecified atom stereocenters. The lowest BCUT2D eigenvalue weighted by molar-refractivity contribution is 0.147. The topological polar surface area (TPSA) is 21.3 Å². The van der Waals surface area contributed by atoms with E-state index in [0.29, 0.717) is 12.3 Å². The number of rotatable bonds is 4. The highest BCUT2D eigenvalue weighted by Gasteiger charge is 2.18. The summed E-state index contributed by atoms with van der Waals surface area (Å²) >= 11 is 0. The Labute approximate surface area is 102 Å². The molecule has 0 aliphatic heterocycles. The summed E-state index contributed by atoms with van der Waals surface area (Å²) in [7, 11) is 1.86. The minimum absolute atomic E-state index is 0.191. The lowest BCUT2D eigenvalue weighted by Gasteiger charge is -2.24. The third-order valence-electron chi connectivity index (χ3n) is 3.25. The first kappa shape index (κ1) is 12.4. The Morgan fingerprint density at radius 1 is 1.29 bits per heavy atom. The predicted octanol–water partition coefficient (Wildman–Crippen LogP) is 3.26. The molecule has 1 aromatic carbocycles. The standard InChI is InChI=1S/C14H20FNO/c1-16-10-11-6-5-9-13(15)14(11)17-12-7-3-2-4-8-12/h5-6,9,12,16H,2-4,7-8,10H2,1H3. The van der Waals surface area contributed by atoms with E-state index in [9.17, 15) is 4.39 Å². The van der Waals surface area contributed by atoms with Crippen LogP contribution in [0.2, 0.25) is 0 Å². The highest BCUT2D eigenvalue weighted by atomic mass is 19.1. The van der Waals surface area contributed by atoms with Crippen LogP contribution in [0.5, 0.6) is 5.75 Å². The normalized spacial score (nSPS) is 17.1. The number of hydrogen-bond acceptors (Lipinski definition) is 2. The second kappa shape index (κ2) is 6.01. The smallest absolute Gasteiger partial charge is 0.165 e. The summed E-state index contributed by atoms with van der Waals surface area (Å²) in [5, 5.41) is 3.04. The second-order valence-corrected chi connectivity index (χ2v) is 4.64. The quantitative estimate of drug-likeness (QED) is 0.868. The monoisotopic (exact) mass is 237 g/mol. The molecule has 0 aromatic heterocycles. The lowest BCUT2D eigenvalue weighted by Crippen LogP contribution is -2.21. The zero-order valence-corrected chi connectivity index (χ0v) is 10.3. The molecule has 2 rings (SSSR count). The molecule has 0 radical (unpaired) electrons. The number of hydrogen-bond donors (Lipinski definition) is 1. The molecule has 1 aliphatic carbocycles. The summed E-state index contributed by atoms with van der Waals surface area (Å²) in [5.41, 5.74) is 0.901. The molecule has 3 heteroatoms. The zero-order chi connectivity index (χ0) is 12.1. The van der Waals surface area contributed by atoms with Crippen molar-refractivity contribution in [1.82, 2.24) is 5.32 Å². The molecular formula is C14H20FNO. The van der Waals surface area contributed by atoms with E-state index in [-0.39, 0.29) is 11.9 Å². The van der Waals surface area contributed by atoms with Gasteiger partial charge in [-0.25, -0.2) is 4.39 Å². The van der Waals surface area contributed by atoms with Crippen LogP contribution in [-0.4, -0.2) is 13.2 Å². The molecule has 0 saturated heterocycles. The van der Waals surface area contributed by atoms with Gasteiger partial charge < -0.3 is 10.1 Å². The number of benzene rings is 1. The van der Waals surface area contributed by atoms with Gasteiger partial charge in [0.15, 0.2) is 11.6 Å². The SMILES string of the molecule is CNCc1cccc(F)c1OC1CCCCC1. The van der Waals surface area contributed by atoms with Crippen molar-refractivity contribution in [3.8, 4) is 5.75 Å². The highest BCUT2D eigenvalue weighted by molar-refractivity contribution is 5.35. The fraction of sp³-hybridized carbons (Fsp3) is 0.571. The van der Waals surface area contributed by atoms with Crippen LogP contribution in [0.1, 0.15) is 37.7 Å². The van der Waals surface area contributed by atoms with Gasteiger partial charge in [0.05, 0.1) is 6.10 Å². The molecule has 1 aromatic rings. The van der Waals surface area contributed by atoms with Gasteiger partial charge in [-0.05, 0) is 38.8 Å². The van der Waals surface area contributed by atoms with E-state index >= 15 is 0 Å². The first-order valence-electron chi connectivity index (χ1n) is 6.40. The molecule has 0 spiro atoms. The summed E-state index contributed by atoms with van der Waals surface area (Å²) in [4.78, 5) is 0. The van der Waals surface area contributed by atoms with E-state index < -0.39 is 0 Å². The molecule has 1 fully saturated rings. The Hall–Kier alpha value is -1.09. The third-order valence-corrected chi connectivity index (χ3v) is 3.25. The maximum Gasteiger partial charge on any atom is 0.165 e. The molecule has 0 bridgehead atoms. The Morgan fingerprint density at radius 3 is 2.76 bits per heavy atom. The van der Waals surface area contributed by atoms with Gasteiger partial charge in [-0.2, -0.15) is 0 Å². The maximum atomic E-state index is 13.8. The molecule has 17 heavy (non-hydrogen) atoms. The number of para-hydroxylation sites is 1. The van der Waals surface area contributed by atoms with E-state index in [0.717, 1.165) is 18.4 Å². The molecule has 1 saturated carbocycles. The van der Waals surface area contributed by atoms with Gasteiger partial charge in [-0.3, -0.25) is 0 Å². The van der Waals surface area contributed by atoms with Crippen LogP contribution in [0.3, 0.4) is 0 Å². The van der Waals surface area contributed by atoms with Crippen LogP contribution in [0, 0.1) is 5.82 Å². The van der Waals surface area contributed by atoms with Crippen molar-refractivity contribution in [1.29, 1.82) is 0 Å². The van der Waals surface area contributed by atoms with Crippen LogP contribution in [0.25, 0.3) is 0 Å². The molecular weight excluding hydrogens is 217 g/mol. The van der Waals surface area contributed by atoms with Crippen LogP contribution in [0.15, 0.2) is 18.2 Å². The van der Waals surface area contributed by atoms with Crippen molar-refractivity contribution in [2.45, 2.75) is 44.8 Å². The van der Waals surface area contributed by atoms with Gasteiger partial charge in [-0.1, -0.05) is 18.6 Å². The van der Waals surface area contributed by atoms with Crippen LogP contribution in [-0.2, 0) is 6.54 Å². The Balaban J connectivity index is 2.12. The van der Waals surface area contributed by atoms with Crippen LogP contribution in [0.4, 0.5) is 4.39 Å². The van der Waals surface area contributed by atoms with Gasteiger partial charge in [0.1, 0.15) is 0 Å². The minimum Gasteiger partial charge on any atom is -0.487 e. The first-order valence-corrected chi connectivity index (χ1v) is 6.40. The maximum absolute atomic E-state index is 13.8. The van der Waals surface area contributed by atoms with Gasteiger partial charge in [0.25, 0.3) is 0 Å². The van der Waals surface area contributed by atoms with Crippen molar-refractivity contribution in [3.63, 3.8) is 0 Å². The third kappa shape index (κ3) is 3.19. The first-order chi connectivity index (χ1) is 8.31. The summed E-state index contributed by atoms with van der Waals surface area (Å²) in [6, 6.07) is 5.12. The van der Waals surface area contributed by atoms with Crippen molar-refractivity contribution in [3.05, 3.63) is 29.6 Å². The van der Waals surface area contributed by atoms with Gasteiger partial charge in [0, 0.05) is 12.1 Å². The Kier molecular flexibility index (Phi) is 4.37.